The number of ether oxygens (including phenoxy) is 2. The fraction of sp³-hybridized carbons (Fsp3) is 0.125. The fourth-order valence-electron chi connectivity index (χ4n) is 1.92. The first-order valence-corrected chi connectivity index (χ1v) is 7.82. The third-order valence-corrected chi connectivity index (χ3v) is 4.02. The van der Waals surface area contributed by atoms with Crippen LogP contribution in [0.5, 0.6) is 11.5 Å². The second kappa shape index (κ2) is 7.95. The van der Waals surface area contributed by atoms with Crippen LogP contribution in [0.25, 0.3) is 0 Å². The van der Waals surface area contributed by atoms with Crippen LogP contribution >= 0.6 is 22.6 Å². The van der Waals surface area contributed by atoms with E-state index < -0.39 is 17.6 Å². The van der Waals surface area contributed by atoms with Gasteiger partial charge in [0.15, 0.2) is 11.5 Å². The molecule has 0 radical (unpaired) electrons. The van der Waals surface area contributed by atoms with Crippen LogP contribution in [0.4, 0.5) is 4.39 Å². The van der Waals surface area contributed by atoms with Crippen molar-refractivity contribution in [2.75, 3.05) is 14.2 Å². The van der Waals surface area contributed by atoms with E-state index in [4.69, 9.17) is 9.47 Å². The second-order valence-corrected chi connectivity index (χ2v) is 5.74. The molecule has 0 unspecified atom stereocenters. The average Bonchev–Trinajstić information content (AvgIpc) is 2.59. The molecular weight excluding hydrogens is 430 g/mol. The van der Waals surface area contributed by atoms with Crippen molar-refractivity contribution in [3.63, 3.8) is 0 Å². The highest BCUT2D eigenvalue weighted by Gasteiger charge is 2.17. The summed E-state index contributed by atoms with van der Waals surface area (Å²) in [6.45, 7) is 0. The SMILES string of the molecule is COc1cc(I)c(C(=O)NNC(=O)c2ccccc2F)cc1OC. The molecule has 0 aliphatic rings. The van der Waals surface area contributed by atoms with Crippen molar-refractivity contribution in [1.82, 2.24) is 10.9 Å². The number of carbonyl (C=O) groups is 2. The van der Waals surface area contributed by atoms with Gasteiger partial charge in [0.1, 0.15) is 5.82 Å². The average molecular weight is 444 g/mol. The molecule has 0 fully saturated rings. The number of rotatable bonds is 4. The predicted octanol–water partition coefficient (Wildman–Crippen LogP) is 2.52. The lowest BCUT2D eigenvalue weighted by Gasteiger charge is -2.12. The minimum absolute atomic E-state index is 0.167. The molecule has 0 aliphatic heterocycles. The maximum absolute atomic E-state index is 13.5. The van der Waals surface area contributed by atoms with Crippen molar-refractivity contribution in [3.8, 4) is 11.5 Å². The number of benzene rings is 2. The number of hydrogen-bond acceptors (Lipinski definition) is 4. The molecule has 6 nitrogen and oxygen atoms in total. The van der Waals surface area contributed by atoms with Crippen molar-refractivity contribution in [2.45, 2.75) is 0 Å². The molecule has 0 spiro atoms. The third-order valence-electron chi connectivity index (χ3n) is 3.13. The van der Waals surface area contributed by atoms with Gasteiger partial charge in [0.2, 0.25) is 0 Å². The van der Waals surface area contributed by atoms with Gasteiger partial charge in [-0.05, 0) is 46.9 Å². The van der Waals surface area contributed by atoms with E-state index >= 15 is 0 Å². The summed E-state index contributed by atoms with van der Waals surface area (Å²) in [5.74, 6) is -1.13. The van der Waals surface area contributed by atoms with Gasteiger partial charge in [-0.25, -0.2) is 4.39 Å². The van der Waals surface area contributed by atoms with Gasteiger partial charge in [0, 0.05) is 3.57 Å². The van der Waals surface area contributed by atoms with E-state index in [-0.39, 0.29) is 11.1 Å². The Bertz CT molecular complexity index is 783. The quantitative estimate of drug-likeness (QED) is 0.562. The van der Waals surface area contributed by atoms with Crippen LogP contribution in [-0.4, -0.2) is 26.0 Å². The lowest BCUT2D eigenvalue weighted by Crippen LogP contribution is -2.42. The highest BCUT2D eigenvalue weighted by atomic mass is 127. The summed E-state index contributed by atoms with van der Waals surface area (Å²) in [5.41, 5.74) is 4.54. The topological polar surface area (TPSA) is 76.7 Å². The van der Waals surface area contributed by atoms with Gasteiger partial charge in [-0.3, -0.25) is 20.4 Å². The molecule has 0 atom stereocenters. The monoisotopic (exact) mass is 444 g/mol. The van der Waals surface area contributed by atoms with E-state index in [1.54, 1.807) is 6.07 Å². The zero-order valence-corrected chi connectivity index (χ0v) is 15.0. The van der Waals surface area contributed by atoms with Crippen LogP contribution < -0.4 is 20.3 Å². The smallest absolute Gasteiger partial charge is 0.272 e. The first kappa shape index (κ1) is 18.0. The molecule has 8 heteroatoms. The fourth-order valence-corrected chi connectivity index (χ4v) is 2.61. The Morgan fingerprint density at radius 1 is 0.958 bits per heavy atom. The van der Waals surface area contributed by atoms with E-state index in [9.17, 15) is 14.0 Å². The van der Waals surface area contributed by atoms with E-state index in [2.05, 4.69) is 10.9 Å². The maximum atomic E-state index is 13.5. The summed E-state index contributed by atoms with van der Waals surface area (Å²) in [4.78, 5) is 24.1. The highest BCUT2D eigenvalue weighted by Crippen LogP contribution is 2.31. The number of amides is 2. The van der Waals surface area contributed by atoms with Gasteiger partial charge in [0.05, 0.1) is 25.3 Å². The van der Waals surface area contributed by atoms with Crippen LogP contribution in [-0.2, 0) is 0 Å². The molecule has 0 heterocycles. The van der Waals surface area contributed by atoms with Gasteiger partial charge in [0.25, 0.3) is 11.8 Å². The normalized spacial score (nSPS) is 10.0. The zero-order valence-electron chi connectivity index (χ0n) is 12.9. The van der Waals surface area contributed by atoms with Gasteiger partial charge >= 0.3 is 0 Å². The molecule has 24 heavy (non-hydrogen) atoms. The molecule has 126 valence electrons. The molecule has 2 rings (SSSR count). The number of carbonyl (C=O) groups excluding carboxylic acids is 2. The van der Waals surface area contributed by atoms with Crippen LogP contribution in [0.2, 0.25) is 0 Å². The first-order chi connectivity index (χ1) is 11.5. The third kappa shape index (κ3) is 3.94. The Morgan fingerprint density at radius 3 is 2.08 bits per heavy atom. The van der Waals surface area contributed by atoms with Gasteiger partial charge in [-0.15, -0.1) is 0 Å². The Kier molecular flexibility index (Phi) is 5.96. The Balaban J connectivity index is 2.13. The van der Waals surface area contributed by atoms with E-state index in [0.29, 0.717) is 15.1 Å². The Hall–Kier alpha value is -2.36. The van der Waals surface area contributed by atoms with Gasteiger partial charge < -0.3 is 9.47 Å². The molecule has 0 saturated carbocycles. The van der Waals surface area contributed by atoms with E-state index in [1.165, 1.54) is 38.5 Å². The van der Waals surface area contributed by atoms with Crippen molar-refractivity contribution in [3.05, 3.63) is 56.9 Å². The molecular formula is C16H14FIN2O4. The minimum atomic E-state index is -0.753. The number of hydrazine groups is 1. The molecule has 0 bridgehead atoms. The summed E-state index contributed by atoms with van der Waals surface area (Å²) >= 11 is 1.96. The summed E-state index contributed by atoms with van der Waals surface area (Å²) in [6, 6.07) is 8.59. The highest BCUT2D eigenvalue weighted by molar-refractivity contribution is 14.1. The molecule has 2 amide bonds. The van der Waals surface area contributed by atoms with Crippen LogP contribution in [0.15, 0.2) is 36.4 Å². The number of hydrogen-bond donors (Lipinski definition) is 2. The van der Waals surface area contributed by atoms with E-state index in [1.807, 2.05) is 22.6 Å². The summed E-state index contributed by atoms with van der Waals surface area (Å²) in [5, 5.41) is 0. The van der Waals surface area contributed by atoms with Crippen molar-refractivity contribution in [1.29, 1.82) is 0 Å². The Labute approximate surface area is 151 Å². The summed E-state index contributed by atoms with van der Waals surface area (Å²) < 4.78 is 24.4. The lowest BCUT2D eigenvalue weighted by molar-refractivity contribution is 0.0843. The zero-order chi connectivity index (χ0) is 17.7. The molecule has 0 aliphatic carbocycles. The number of methoxy groups -OCH3 is 2. The van der Waals surface area contributed by atoms with Crippen LogP contribution in [0, 0.1) is 9.39 Å². The summed E-state index contributed by atoms with van der Waals surface area (Å²) in [7, 11) is 2.94. The van der Waals surface area contributed by atoms with Crippen LogP contribution in [0.1, 0.15) is 20.7 Å². The lowest BCUT2D eigenvalue weighted by atomic mass is 10.2. The van der Waals surface area contributed by atoms with Crippen molar-refractivity contribution in [2.24, 2.45) is 0 Å². The molecule has 2 aromatic rings. The van der Waals surface area contributed by atoms with Gasteiger partial charge in [-0.1, -0.05) is 12.1 Å². The number of halogens is 2. The van der Waals surface area contributed by atoms with Crippen molar-refractivity contribution < 1.29 is 23.5 Å². The number of nitrogens with one attached hydrogen (secondary N) is 2. The van der Waals surface area contributed by atoms with E-state index in [0.717, 1.165) is 6.07 Å². The molecule has 2 aromatic carbocycles. The molecule has 2 N–H and O–H groups in total. The second-order valence-electron chi connectivity index (χ2n) is 4.58. The van der Waals surface area contributed by atoms with Crippen LogP contribution in [0.3, 0.4) is 0 Å². The first-order valence-electron chi connectivity index (χ1n) is 6.74. The molecule has 0 saturated heterocycles. The standard InChI is InChI=1S/C16H14FIN2O4/c1-23-13-7-10(12(18)8-14(13)24-2)16(22)20-19-15(21)9-5-3-4-6-11(9)17/h3-8H,1-2H3,(H,19,21)(H,20,22). The van der Waals surface area contributed by atoms with Crippen molar-refractivity contribution >= 4 is 34.4 Å². The summed E-state index contributed by atoms with van der Waals surface area (Å²) in [6.07, 6.45) is 0. The van der Waals surface area contributed by atoms with Gasteiger partial charge in [-0.2, -0.15) is 0 Å². The molecule has 0 aromatic heterocycles. The maximum Gasteiger partial charge on any atom is 0.272 e. The Morgan fingerprint density at radius 2 is 1.50 bits per heavy atom. The predicted molar refractivity (Wildman–Crippen MR) is 93.6 cm³/mol. The largest absolute Gasteiger partial charge is 0.493 e. The minimum Gasteiger partial charge on any atom is -0.493 e.